The molecule has 3 heterocycles. The molecule has 1 saturated carbocycles. The largest absolute Gasteiger partial charge is 0.382 e. The molecule has 0 radical (unpaired) electrons. The summed E-state index contributed by atoms with van der Waals surface area (Å²) < 4.78 is 7.38. The van der Waals surface area contributed by atoms with E-state index in [1.807, 2.05) is 41.1 Å². The third-order valence-electron chi connectivity index (χ3n) is 5.08. The van der Waals surface area contributed by atoms with E-state index < -0.39 is 6.10 Å². The Hall–Kier alpha value is -2.51. The Morgan fingerprint density at radius 1 is 1.19 bits per heavy atom. The van der Waals surface area contributed by atoms with E-state index in [1.54, 1.807) is 0 Å². The van der Waals surface area contributed by atoms with Crippen LogP contribution in [0.2, 0.25) is 0 Å². The maximum absolute atomic E-state index is 10.6. The number of hydrogen-bond donors (Lipinski definition) is 1. The first kappa shape index (κ1) is 15.7. The van der Waals surface area contributed by atoms with Crippen molar-refractivity contribution in [3.05, 3.63) is 65.1 Å². The van der Waals surface area contributed by atoms with Gasteiger partial charge in [-0.15, -0.1) is 0 Å². The maximum atomic E-state index is 10.6. The fraction of sp³-hybridized carbons (Fsp3) is 0.421. The van der Waals surface area contributed by atoms with Gasteiger partial charge in [0.25, 0.3) is 0 Å². The molecule has 7 nitrogen and oxygen atoms in total. The van der Waals surface area contributed by atoms with E-state index in [-0.39, 0.29) is 0 Å². The Morgan fingerprint density at radius 2 is 2.04 bits per heavy atom. The molecular formula is C19H21N5O2. The van der Waals surface area contributed by atoms with Crippen LogP contribution in [0, 0.1) is 0 Å². The van der Waals surface area contributed by atoms with Crippen LogP contribution in [0.25, 0.3) is 0 Å². The standard InChI is InChI=1S/C19H21N5O2/c25-18(13-4-2-1-3-5-13)16-10-15-11-23(8-9-24(15)21-16)12-17-20-19(22-26-17)14-6-7-14/h1-5,10,14,18,25H,6-9,11-12H2. The van der Waals surface area contributed by atoms with Gasteiger partial charge in [0.1, 0.15) is 6.10 Å². The molecule has 1 atom stereocenters. The second kappa shape index (κ2) is 6.34. The van der Waals surface area contributed by atoms with Crippen molar-refractivity contribution in [2.45, 2.75) is 44.5 Å². The first-order valence-electron chi connectivity index (χ1n) is 9.11. The van der Waals surface area contributed by atoms with Gasteiger partial charge in [-0.2, -0.15) is 10.1 Å². The summed E-state index contributed by atoms with van der Waals surface area (Å²) in [6.07, 6.45) is 1.66. The van der Waals surface area contributed by atoms with E-state index in [2.05, 4.69) is 20.1 Å². The number of rotatable bonds is 5. The second-order valence-electron chi connectivity index (χ2n) is 7.13. The van der Waals surface area contributed by atoms with Crippen LogP contribution in [0.5, 0.6) is 0 Å². The van der Waals surface area contributed by atoms with Gasteiger partial charge in [-0.05, 0) is 24.5 Å². The SMILES string of the molecule is OC(c1ccccc1)c1cc2n(n1)CCN(Cc1nc(C3CC3)no1)C2. The number of fused-ring (bicyclic) bond motifs is 1. The van der Waals surface area contributed by atoms with Crippen molar-refractivity contribution >= 4 is 0 Å². The van der Waals surface area contributed by atoms with Crippen LogP contribution in [-0.2, 0) is 19.6 Å². The summed E-state index contributed by atoms with van der Waals surface area (Å²) >= 11 is 0. The fourth-order valence-corrected chi connectivity index (χ4v) is 3.45. The lowest BCUT2D eigenvalue weighted by Gasteiger charge is -2.25. The molecule has 7 heteroatoms. The highest BCUT2D eigenvalue weighted by molar-refractivity contribution is 5.26. The lowest BCUT2D eigenvalue weighted by atomic mass is 10.1. The lowest BCUT2D eigenvalue weighted by Crippen LogP contribution is -2.33. The summed E-state index contributed by atoms with van der Waals surface area (Å²) in [6.45, 7) is 3.08. The van der Waals surface area contributed by atoms with Gasteiger partial charge >= 0.3 is 0 Å². The molecule has 3 aromatic rings. The summed E-state index contributed by atoms with van der Waals surface area (Å²) in [5.41, 5.74) is 2.66. The molecule has 26 heavy (non-hydrogen) atoms. The van der Waals surface area contributed by atoms with Crippen LogP contribution in [-0.4, -0.2) is 36.5 Å². The van der Waals surface area contributed by atoms with Crippen LogP contribution < -0.4 is 0 Å². The van der Waals surface area contributed by atoms with E-state index in [4.69, 9.17) is 4.52 Å². The van der Waals surface area contributed by atoms with E-state index >= 15 is 0 Å². The summed E-state index contributed by atoms with van der Waals surface area (Å²) in [6, 6.07) is 11.6. The smallest absolute Gasteiger partial charge is 0.240 e. The summed E-state index contributed by atoms with van der Waals surface area (Å²) in [4.78, 5) is 6.79. The molecule has 0 bridgehead atoms. The van der Waals surface area contributed by atoms with Gasteiger partial charge in [0.2, 0.25) is 5.89 Å². The molecule has 1 fully saturated rings. The number of aliphatic hydroxyl groups excluding tert-OH is 1. The highest BCUT2D eigenvalue weighted by atomic mass is 16.5. The molecule has 1 aliphatic carbocycles. The van der Waals surface area contributed by atoms with Crippen molar-refractivity contribution in [3.8, 4) is 0 Å². The van der Waals surface area contributed by atoms with Gasteiger partial charge in [-0.3, -0.25) is 9.58 Å². The van der Waals surface area contributed by atoms with Gasteiger partial charge in [-0.25, -0.2) is 0 Å². The quantitative estimate of drug-likeness (QED) is 0.759. The molecule has 0 amide bonds. The van der Waals surface area contributed by atoms with Crippen molar-refractivity contribution < 1.29 is 9.63 Å². The van der Waals surface area contributed by atoms with Crippen LogP contribution >= 0.6 is 0 Å². The molecule has 1 aromatic carbocycles. The average Bonchev–Trinajstić information content (AvgIpc) is 3.27. The number of hydrogen-bond acceptors (Lipinski definition) is 6. The summed E-state index contributed by atoms with van der Waals surface area (Å²) in [7, 11) is 0. The topological polar surface area (TPSA) is 80.2 Å². The highest BCUT2D eigenvalue weighted by Crippen LogP contribution is 2.38. The van der Waals surface area contributed by atoms with Gasteiger partial charge in [0.15, 0.2) is 5.82 Å². The molecule has 1 unspecified atom stereocenters. The number of nitrogens with zero attached hydrogens (tertiary/aromatic N) is 5. The van der Waals surface area contributed by atoms with Crippen molar-refractivity contribution in [1.29, 1.82) is 0 Å². The van der Waals surface area contributed by atoms with Crippen LogP contribution in [0.1, 0.15) is 53.5 Å². The zero-order chi connectivity index (χ0) is 17.5. The van der Waals surface area contributed by atoms with Crippen molar-refractivity contribution in [3.63, 3.8) is 0 Å². The summed E-state index contributed by atoms with van der Waals surface area (Å²) in [5.74, 6) is 2.05. The van der Waals surface area contributed by atoms with E-state index in [9.17, 15) is 5.11 Å². The number of benzene rings is 1. The Bertz CT molecular complexity index is 900. The van der Waals surface area contributed by atoms with E-state index in [1.165, 1.54) is 12.8 Å². The molecule has 2 aliphatic rings. The molecular weight excluding hydrogens is 330 g/mol. The fourth-order valence-electron chi connectivity index (χ4n) is 3.45. The van der Waals surface area contributed by atoms with Gasteiger partial charge < -0.3 is 9.63 Å². The molecule has 0 spiro atoms. The van der Waals surface area contributed by atoms with Crippen molar-refractivity contribution in [2.24, 2.45) is 0 Å². The Morgan fingerprint density at radius 3 is 2.85 bits per heavy atom. The predicted molar refractivity (Wildman–Crippen MR) is 93.1 cm³/mol. The molecule has 5 rings (SSSR count). The molecule has 134 valence electrons. The van der Waals surface area contributed by atoms with Gasteiger partial charge in [0.05, 0.1) is 24.5 Å². The van der Waals surface area contributed by atoms with E-state index in [0.717, 1.165) is 36.7 Å². The van der Waals surface area contributed by atoms with Crippen LogP contribution in [0.15, 0.2) is 40.9 Å². The van der Waals surface area contributed by atoms with Crippen LogP contribution in [0.4, 0.5) is 0 Å². The number of aliphatic hydroxyl groups is 1. The Balaban J connectivity index is 1.29. The van der Waals surface area contributed by atoms with Gasteiger partial charge in [-0.1, -0.05) is 35.5 Å². The first-order chi connectivity index (χ1) is 12.8. The molecule has 2 aromatic heterocycles. The zero-order valence-electron chi connectivity index (χ0n) is 14.5. The molecule has 1 aliphatic heterocycles. The second-order valence-corrected chi connectivity index (χ2v) is 7.13. The zero-order valence-corrected chi connectivity index (χ0v) is 14.5. The normalized spacial score (nSPS) is 18.7. The first-order valence-corrected chi connectivity index (χ1v) is 9.11. The minimum Gasteiger partial charge on any atom is -0.382 e. The maximum Gasteiger partial charge on any atom is 0.240 e. The minimum absolute atomic E-state index is 0.511. The van der Waals surface area contributed by atoms with Crippen LogP contribution in [0.3, 0.4) is 0 Å². The molecule has 1 N–H and O–H groups in total. The Labute approximate surface area is 151 Å². The molecule has 0 saturated heterocycles. The highest BCUT2D eigenvalue weighted by Gasteiger charge is 2.29. The third kappa shape index (κ3) is 3.04. The lowest BCUT2D eigenvalue weighted by molar-refractivity contribution is 0.179. The average molecular weight is 351 g/mol. The predicted octanol–water partition coefficient (Wildman–Crippen LogP) is 2.24. The summed E-state index contributed by atoms with van der Waals surface area (Å²) in [5, 5.41) is 19.3. The van der Waals surface area contributed by atoms with Gasteiger partial charge in [0, 0.05) is 19.0 Å². The monoisotopic (exact) mass is 351 g/mol. The number of aromatic nitrogens is 4. The van der Waals surface area contributed by atoms with Crippen molar-refractivity contribution in [1.82, 2.24) is 24.8 Å². The van der Waals surface area contributed by atoms with E-state index in [0.29, 0.717) is 24.0 Å². The minimum atomic E-state index is -0.695. The van der Waals surface area contributed by atoms with Crippen molar-refractivity contribution in [2.75, 3.05) is 6.54 Å². The Kier molecular flexibility index (Phi) is 3.83. The third-order valence-corrected chi connectivity index (χ3v) is 5.08.